The van der Waals surface area contributed by atoms with E-state index in [1.54, 1.807) is 0 Å². The molecule has 8 aromatic rings. The van der Waals surface area contributed by atoms with Crippen molar-refractivity contribution in [2.45, 2.75) is 0 Å². The molecule has 9 rings (SSSR count). The van der Waals surface area contributed by atoms with Crippen LogP contribution in [0.15, 0.2) is 157 Å². The highest BCUT2D eigenvalue weighted by atomic mass is 15.2. The van der Waals surface area contributed by atoms with E-state index in [1.807, 2.05) is 54.6 Å². The Morgan fingerprint density at radius 2 is 1.11 bits per heavy atom. The van der Waals surface area contributed by atoms with Crippen molar-refractivity contribution in [3.63, 3.8) is 0 Å². The van der Waals surface area contributed by atoms with E-state index in [-0.39, 0.29) is 0 Å². The molecule has 5 heteroatoms. The minimum Gasteiger partial charge on any atom is -0.325 e. The van der Waals surface area contributed by atoms with Crippen molar-refractivity contribution < 1.29 is 0 Å². The summed E-state index contributed by atoms with van der Waals surface area (Å²) >= 11 is 0. The van der Waals surface area contributed by atoms with Gasteiger partial charge in [0.15, 0.2) is 0 Å². The van der Waals surface area contributed by atoms with E-state index in [0.29, 0.717) is 11.7 Å². The zero-order valence-electron chi connectivity index (χ0n) is 24.3. The number of fused-ring (bicyclic) bond motifs is 7. The fourth-order valence-corrected chi connectivity index (χ4v) is 6.71. The van der Waals surface area contributed by atoms with Crippen LogP contribution in [0.25, 0.3) is 55.0 Å². The van der Waals surface area contributed by atoms with E-state index in [2.05, 4.69) is 112 Å². The van der Waals surface area contributed by atoms with Crippen LogP contribution in [0.1, 0.15) is 11.1 Å². The van der Waals surface area contributed by atoms with Crippen LogP contribution in [0.4, 0.5) is 5.69 Å². The van der Waals surface area contributed by atoms with Gasteiger partial charge in [-0.15, -0.1) is 0 Å². The van der Waals surface area contributed by atoms with Gasteiger partial charge in [0.1, 0.15) is 0 Å². The van der Waals surface area contributed by atoms with Crippen molar-refractivity contribution in [3.8, 4) is 5.69 Å². The Hall–Kier alpha value is -6.20. The van der Waals surface area contributed by atoms with Gasteiger partial charge in [-0.3, -0.25) is 4.57 Å². The number of hydrogen-bond donors (Lipinski definition) is 2. The standard InChI is InChI=1S/C40H27N5/c41-33(26-13-3-1-4-14-26)25-35-30-19-7-10-20-34(30)42-40(43-35)45-37-22-12-9-18-29(37)32-23-38-31(24-39(32)45)28-17-8-11-21-36(28)44(38)27-15-5-2-6-16-27/h1-25,41H,(H,42,43)/b35-25-,41-33?. The van der Waals surface area contributed by atoms with Gasteiger partial charge in [-0.2, -0.15) is 0 Å². The van der Waals surface area contributed by atoms with Crippen LogP contribution in [-0.4, -0.2) is 20.8 Å². The maximum atomic E-state index is 8.89. The minimum absolute atomic E-state index is 0.437. The van der Waals surface area contributed by atoms with Crippen LogP contribution in [-0.2, 0) is 0 Å². The first-order valence-corrected chi connectivity index (χ1v) is 15.1. The van der Waals surface area contributed by atoms with Crippen LogP contribution in [0.2, 0.25) is 0 Å². The number of nitrogens with zero attached hydrogens (tertiary/aromatic N) is 3. The number of hydrogen-bond acceptors (Lipinski definition) is 3. The number of rotatable bonds is 3. The zero-order valence-corrected chi connectivity index (χ0v) is 24.3. The molecule has 2 N–H and O–H groups in total. The van der Waals surface area contributed by atoms with Crippen LogP contribution >= 0.6 is 0 Å². The number of allylic oxidation sites excluding steroid dienone is 1. The third-order valence-electron chi connectivity index (χ3n) is 8.73. The Bertz CT molecular complexity index is 2510. The first-order valence-electron chi connectivity index (χ1n) is 15.1. The smallest absolute Gasteiger partial charge is 0.213 e. The van der Waals surface area contributed by atoms with Crippen molar-refractivity contribution in [3.05, 3.63) is 163 Å². The Morgan fingerprint density at radius 1 is 0.556 bits per heavy atom. The Balaban J connectivity index is 1.31. The first kappa shape index (κ1) is 25.3. The van der Waals surface area contributed by atoms with Crippen LogP contribution in [0, 0.1) is 5.41 Å². The average molecular weight is 578 g/mol. The molecular weight excluding hydrogens is 550 g/mol. The molecule has 0 bridgehead atoms. The number of benzene rings is 6. The third kappa shape index (κ3) is 3.95. The molecule has 0 amide bonds. The van der Waals surface area contributed by atoms with E-state index in [4.69, 9.17) is 10.4 Å². The summed E-state index contributed by atoms with van der Waals surface area (Å²) in [5.41, 5.74) is 9.60. The molecule has 0 atom stereocenters. The van der Waals surface area contributed by atoms with Gasteiger partial charge in [0.25, 0.3) is 0 Å². The summed E-state index contributed by atoms with van der Waals surface area (Å²) in [5, 5.41) is 17.2. The summed E-state index contributed by atoms with van der Waals surface area (Å²) in [6, 6.07) is 50.3. The molecule has 212 valence electrons. The number of aliphatic imine (C=N–C) groups is 1. The zero-order chi connectivity index (χ0) is 29.9. The lowest BCUT2D eigenvalue weighted by Crippen LogP contribution is -2.31. The molecule has 3 heterocycles. The van der Waals surface area contributed by atoms with Crippen molar-refractivity contribution in [2.75, 3.05) is 0 Å². The van der Waals surface area contributed by atoms with Crippen molar-refractivity contribution >= 4 is 66.7 Å². The molecule has 1 aliphatic rings. The Morgan fingerprint density at radius 3 is 1.82 bits per heavy atom. The molecule has 0 spiro atoms. The molecule has 0 saturated heterocycles. The number of nitrogens with one attached hydrogen (secondary N) is 2. The van der Waals surface area contributed by atoms with E-state index in [0.717, 1.165) is 50.0 Å². The van der Waals surface area contributed by atoms with Gasteiger partial charge in [0, 0.05) is 32.8 Å². The van der Waals surface area contributed by atoms with Crippen molar-refractivity contribution in [1.82, 2.24) is 14.5 Å². The van der Waals surface area contributed by atoms with Gasteiger partial charge in [-0.1, -0.05) is 103 Å². The molecule has 0 saturated carbocycles. The quantitative estimate of drug-likeness (QED) is 0.202. The number of para-hydroxylation sites is 4. The van der Waals surface area contributed by atoms with Gasteiger partial charge in [0.2, 0.25) is 5.96 Å². The summed E-state index contributed by atoms with van der Waals surface area (Å²) in [7, 11) is 0. The normalized spacial score (nSPS) is 13.8. The Labute approximate surface area is 259 Å². The summed E-state index contributed by atoms with van der Waals surface area (Å²) in [4.78, 5) is 5.17. The first-order chi connectivity index (χ1) is 22.2. The second-order valence-corrected chi connectivity index (χ2v) is 11.3. The highest BCUT2D eigenvalue weighted by Gasteiger charge is 2.23. The monoisotopic (exact) mass is 577 g/mol. The molecular formula is C40H27N5. The fraction of sp³-hybridized carbons (Fsp3) is 0. The summed E-state index contributed by atoms with van der Waals surface area (Å²) in [5.74, 6) is 0.707. The average Bonchev–Trinajstić information content (AvgIpc) is 3.60. The maximum Gasteiger partial charge on any atom is 0.213 e. The molecule has 0 aliphatic carbocycles. The second-order valence-electron chi connectivity index (χ2n) is 11.3. The van der Waals surface area contributed by atoms with Crippen molar-refractivity contribution in [1.29, 1.82) is 5.41 Å². The summed E-state index contributed by atoms with van der Waals surface area (Å²) in [6.07, 6.45) is 1.91. The predicted molar refractivity (Wildman–Crippen MR) is 187 cm³/mol. The second kappa shape index (κ2) is 9.93. The molecule has 0 radical (unpaired) electrons. The molecule has 2 aromatic heterocycles. The van der Waals surface area contributed by atoms with Gasteiger partial charge in [-0.05, 0) is 54.1 Å². The van der Waals surface area contributed by atoms with E-state index in [9.17, 15) is 0 Å². The highest BCUT2D eigenvalue weighted by molar-refractivity contribution is 6.22. The topological polar surface area (TPSA) is 58.1 Å². The number of aromatic nitrogens is 2. The molecule has 0 unspecified atom stereocenters. The van der Waals surface area contributed by atoms with Crippen LogP contribution in [0.5, 0.6) is 0 Å². The highest BCUT2D eigenvalue weighted by Crippen LogP contribution is 2.39. The van der Waals surface area contributed by atoms with E-state index < -0.39 is 0 Å². The largest absolute Gasteiger partial charge is 0.325 e. The van der Waals surface area contributed by atoms with Gasteiger partial charge in [-0.25, -0.2) is 4.99 Å². The van der Waals surface area contributed by atoms with Crippen LogP contribution in [0.3, 0.4) is 0 Å². The van der Waals surface area contributed by atoms with E-state index >= 15 is 0 Å². The minimum atomic E-state index is 0.437. The fourth-order valence-electron chi connectivity index (χ4n) is 6.71. The summed E-state index contributed by atoms with van der Waals surface area (Å²) in [6.45, 7) is 0. The SMILES string of the molecule is N=C(/C=C1\NC(n2c3ccccc3c3cc4c(cc32)c2ccccc2n4-c2ccccc2)=Nc2ccccc21)c1ccccc1. The maximum absolute atomic E-state index is 8.89. The van der Waals surface area contributed by atoms with Gasteiger partial charge in [0.05, 0.1) is 39.2 Å². The van der Waals surface area contributed by atoms with E-state index in [1.165, 1.54) is 21.8 Å². The predicted octanol–water partition coefficient (Wildman–Crippen LogP) is 9.44. The lowest BCUT2D eigenvalue weighted by atomic mass is 10.0. The molecule has 0 fully saturated rings. The van der Waals surface area contributed by atoms with Crippen LogP contribution < -0.4 is 5.32 Å². The molecule has 45 heavy (non-hydrogen) atoms. The summed E-state index contributed by atoms with van der Waals surface area (Å²) < 4.78 is 4.59. The molecule has 6 aromatic carbocycles. The lowest BCUT2D eigenvalue weighted by Gasteiger charge is -2.22. The van der Waals surface area contributed by atoms with Crippen molar-refractivity contribution in [2.24, 2.45) is 4.99 Å². The third-order valence-corrected chi connectivity index (χ3v) is 8.73. The van der Waals surface area contributed by atoms with Gasteiger partial charge >= 0.3 is 0 Å². The molecule has 5 nitrogen and oxygen atoms in total. The lowest BCUT2D eigenvalue weighted by molar-refractivity contribution is 1.10. The molecule has 1 aliphatic heterocycles. The Kier molecular flexibility index (Phi) is 5.59. The van der Waals surface area contributed by atoms with Gasteiger partial charge < -0.3 is 15.3 Å².